The zero-order valence-electron chi connectivity index (χ0n) is 40.9. The summed E-state index contributed by atoms with van der Waals surface area (Å²) in [5.41, 5.74) is 4.87. The maximum atomic E-state index is 13.3. The van der Waals surface area contributed by atoms with Crippen LogP contribution in [0.2, 0.25) is 10.3 Å². The summed E-state index contributed by atoms with van der Waals surface area (Å²) in [7, 11) is 3.16. The van der Waals surface area contributed by atoms with Gasteiger partial charge in [-0.1, -0.05) is 51.9 Å². The molecule has 0 unspecified atom stereocenters. The van der Waals surface area contributed by atoms with Crippen LogP contribution in [0.15, 0.2) is 87.2 Å². The van der Waals surface area contributed by atoms with Crippen molar-refractivity contribution in [2.24, 2.45) is 21.1 Å². The highest BCUT2D eigenvalue weighted by molar-refractivity contribution is 14.1. The Morgan fingerprint density at radius 2 is 1.04 bits per heavy atom. The maximum Gasteiger partial charge on any atom is 0.488 e. The van der Waals surface area contributed by atoms with Crippen LogP contribution in [0.5, 0.6) is 0 Å². The van der Waals surface area contributed by atoms with Gasteiger partial charge in [0.05, 0.1) is 22.2 Å². The molecule has 0 aliphatic carbocycles. The minimum Gasteiger partial charge on any atom is -0.423 e. The lowest BCUT2D eigenvalue weighted by molar-refractivity contribution is -0.136. The van der Waals surface area contributed by atoms with Gasteiger partial charge in [0.25, 0.3) is 0 Å². The number of alkyl halides is 10. The molecular weight excluding hydrogens is 1190 g/mol. The van der Waals surface area contributed by atoms with E-state index in [0.717, 1.165) is 5.56 Å². The number of H-pyrrole nitrogens is 1. The number of aryl methyl sites for hydroxylation is 7. The third-order valence-electron chi connectivity index (χ3n) is 10.9. The number of halogens is 14. The fourth-order valence-electron chi connectivity index (χ4n) is 7.17. The Hall–Kier alpha value is -5.78. The van der Waals surface area contributed by atoms with Crippen LogP contribution in [0, 0.1) is 25.5 Å². The van der Waals surface area contributed by atoms with Gasteiger partial charge in [-0.25, -0.2) is 38.1 Å². The summed E-state index contributed by atoms with van der Waals surface area (Å²) in [6, 6.07) is 17.9. The summed E-state index contributed by atoms with van der Waals surface area (Å²) in [6.45, 7) is 3.34. The van der Waals surface area contributed by atoms with Crippen molar-refractivity contribution in [1.82, 2.24) is 42.8 Å². The van der Waals surface area contributed by atoms with Gasteiger partial charge < -0.3 is 15.0 Å². The van der Waals surface area contributed by atoms with Gasteiger partial charge in [-0.05, 0) is 121 Å². The molecule has 3 N–H and O–H groups in total. The van der Waals surface area contributed by atoms with E-state index in [9.17, 15) is 62.7 Å². The quantitative estimate of drug-likeness (QED) is 0.0399. The zero-order chi connectivity index (χ0) is 57.0. The van der Waals surface area contributed by atoms with Crippen LogP contribution < -0.4 is 22.5 Å². The average Bonchev–Trinajstić information content (AvgIpc) is 3.83. The summed E-state index contributed by atoms with van der Waals surface area (Å²) in [4.78, 5) is 50.5. The maximum absolute atomic E-state index is 13.3. The number of aromatic amines is 1. The van der Waals surface area contributed by atoms with Crippen LogP contribution in [0.1, 0.15) is 49.7 Å². The van der Waals surface area contributed by atoms with Gasteiger partial charge in [-0.2, -0.15) is 39.5 Å². The van der Waals surface area contributed by atoms with Crippen molar-refractivity contribution in [3.63, 3.8) is 0 Å². The van der Waals surface area contributed by atoms with Crippen molar-refractivity contribution < 1.29 is 58.3 Å². The number of rotatable bonds is 10. The Kier molecular flexibility index (Phi) is 22.3. The standard InChI is InChI=1S/C18H17F4N3O.C11H11ClF3N3O.C7H8BFO2.C7H6ClN3O.C4H6F3I/c1-11-10-12(19)4-5-13(11)14-6-7-15-16(23-14)24(2)17(26)25(15)9-3-8-18(20,21)22;1-17-9-7(3-4-8(12)16-9)18(10(17)19)6-2-5-11(13,14)15;1-5-4-6(9)2-3-7(5)8(10)11;1-11-6-4(9-7(11)12)2-3-5(8)10-6;5-4(6,7)2-1-3-8/h4-7,10H,3,8-9H2,1-2H3;3-4H,2,5-6H2,1H3;2-4,10-11H,1H3;2-3H,1H3,(H,9,12);1-3H2. The largest absolute Gasteiger partial charge is 0.488 e. The SMILES string of the molecule is Cc1cc(F)ccc1-c1ccc2c(n1)n(C)c(=O)n2CCCC(F)(F)F.Cc1cc(F)ccc1B(O)O.Cn1c(=O)[nH]c2ccc(Cl)nc21.Cn1c(=O)n(CCCC(F)(F)F)c2ccc(Cl)nc21.FC(F)(F)CCCI. The molecule has 76 heavy (non-hydrogen) atoms. The van der Waals surface area contributed by atoms with Crippen molar-refractivity contribution in [1.29, 1.82) is 0 Å². The van der Waals surface area contributed by atoms with Gasteiger partial charge >= 0.3 is 42.7 Å². The van der Waals surface area contributed by atoms with Crippen LogP contribution in [0.4, 0.5) is 48.3 Å². The van der Waals surface area contributed by atoms with Crippen LogP contribution >= 0.6 is 45.8 Å². The van der Waals surface area contributed by atoms with E-state index < -0.39 is 56.3 Å². The third kappa shape index (κ3) is 18.2. The Morgan fingerprint density at radius 3 is 1.50 bits per heavy atom. The highest BCUT2D eigenvalue weighted by Crippen LogP contribution is 2.27. The molecule has 0 spiro atoms. The number of aromatic nitrogens is 9. The molecule has 2 aromatic carbocycles. The lowest BCUT2D eigenvalue weighted by Gasteiger charge is -2.08. The number of benzene rings is 2. The van der Waals surface area contributed by atoms with Gasteiger partial charge in [0.1, 0.15) is 21.9 Å². The van der Waals surface area contributed by atoms with E-state index in [1.165, 1.54) is 73.3 Å². The molecule has 6 heterocycles. The van der Waals surface area contributed by atoms with Gasteiger partial charge in [0, 0.05) is 59.1 Å². The number of hydrogen-bond acceptors (Lipinski definition) is 8. The first-order valence-electron chi connectivity index (χ1n) is 22.5. The minimum absolute atomic E-state index is 0.000996. The second-order valence-corrected chi connectivity index (χ2v) is 18.5. The van der Waals surface area contributed by atoms with Crippen LogP contribution in [-0.4, -0.2) is 82.9 Å². The minimum atomic E-state index is -4.25. The summed E-state index contributed by atoms with van der Waals surface area (Å²) in [6.07, 6.45) is -15.0. The average molecular weight is 1240 g/mol. The lowest BCUT2D eigenvalue weighted by atomic mass is 9.77. The van der Waals surface area contributed by atoms with Crippen LogP contribution in [0.25, 0.3) is 44.7 Å². The highest BCUT2D eigenvalue weighted by atomic mass is 127. The van der Waals surface area contributed by atoms with E-state index in [2.05, 4.69) is 19.9 Å². The molecule has 29 heteroatoms. The van der Waals surface area contributed by atoms with E-state index in [4.69, 9.17) is 33.2 Å². The molecule has 14 nitrogen and oxygen atoms in total. The molecule has 8 aromatic rings. The van der Waals surface area contributed by atoms with Gasteiger partial charge in [0.2, 0.25) is 0 Å². The predicted molar refractivity (Wildman–Crippen MR) is 277 cm³/mol. The first-order valence-corrected chi connectivity index (χ1v) is 24.7. The zero-order valence-corrected chi connectivity index (χ0v) is 44.5. The van der Waals surface area contributed by atoms with E-state index in [0.29, 0.717) is 65.4 Å². The number of imidazole rings is 3. The Bertz CT molecular complexity index is 3430. The van der Waals surface area contributed by atoms with Crippen molar-refractivity contribution >= 4 is 91.9 Å². The molecule has 412 valence electrons. The molecule has 0 bridgehead atoms. The van der Waals surface area contributed by atoms with Crippen LogP contribution in [0.3, 0.4) is 0 Å². The Labute approximate surface area is 449 Å². The second kappa shape index (κ2) is 27.0. The summed E-state index contributed by atoms with van der Waals surface area (Å²) in [5, 5.41) is 18.1. The number of hydrogen-bond donors (Lipinski definition) is 3. The van der Waals surface area contributed by atoms with Crippen LogP contribution in [-0.2, 0) is 34.2 Å². The Balaban J connectivity index is 0.000000219. The van der Waals surface area contributed by atoms with E-state index in [-0.39, 0.29) is 54.8 Å². The number of pyridine rings is 3. The van der Waals surface area contributed by atoms with E-state index >= 15 is 0 Å². The fourth-order valence-corrected chi connectivity index (χ4v) is 7.83. The molecule has 6 aromatic heterocycles. The molecular formula is C47H48BCl2F11IN9O5. The van der Waals surface area contributed by atoms with Gasteiger partial charge in [-0.3, -0.25) is 22.8 Å². The van der Waals surface area contributed by atoms with Crippen molar-refractivity contribution in [2.75, 3.05) is 4.43 Å². The smallest absolute Gasteiger partial charge is 0.423 e. The monoisotopic (exact) mass is 1240 g/mol. The normalized spacial score (nSPS) is 11.6. The molecule has 0 saturated heterocycles. The molecule has 8 rings (SSSR count). The number of nitrogens with one attached hydrogen (secondary N) is 1. The second-order valence-electron chi connectivity index (χ2n) is 16.7. The highest BCUT2D eigenvalue weighted by Gasteiger charge is 2.28. The molecule has 0 atom stereocenters. The topological polar surface area (TPSA) is 171 Å². The number of nitrogens with zero attached hydrogens (tertiary/aromatic N) is 8. The molecule has 0 amide bonds. The van der Waals surface area contributed by atoms with Gasteiger partial charge in [0.15, 0.2) is 16.9 Å². The third-order valence-corrected chi connectivity index (χ3v) is 12.1. The molecule has 0 radical (unpaired) electrons. The van der Waals surface area contributed by atoms with Crippen molar-refractivity contribution in [3.05, 3.63) is 137 Å². The molecule has 0 aliphatic rings. The summed E-state index contributed by atoms with van der Waals surface area (Å²) in [5.74, 6) is -0.720. The van der Waals surface area contributed by atoms with E-state index in [1.807, 2.05) is 22.6 Å². The van der Waals surface area contributed by atoms with Crippen molar-refractivity contribution in [2.45, 2.75) is 84.0 Å². The number of fused-ring (bicyclic) bond motifs is 3. The predicted octanol–water partition coefficient (Wildman–Crippen LogP) is 10.4. The summed E-state index contributed by atoms with van der Waals surface area (Å²) < 4.78 is 140. The first-order chi connectivity index (χ1) is 35.3. The lowest BCUT2D eigenvalue weighted by Crippen LogP contribution is -2.31. The fraction of sp³-hybridized carbons (Fsp3) is 0.362. The molecule has 0 saturated carbocycles. The van der Waals surface area contributed by atoms with Gasteiger partial charge in [-0.15, -0.1) is 0 Å². The molecule has 0 fully saturated rings. The summed E-state index contributed by atoms with van der Waals surface area (Å²) >= 11 is 13.3. The first kappa shape index (κ1) is 62.8. The van der Waals surface area contributed by atoms with Crippen molar-refractivity contribution in [3.8, 4) is 11.3 Å². The van der Waals surface area contributed by atoms with E-state index in [1.54, 1.807) is 57.3 Å². The molecule has 0 aliphatic heterocycles. The Morgan fingerprint density at radius 1 is 0.592 bits per heavy atom.